The molecule has 0 aromatic heterocycles. The fourth-order valence-corrected chi connectivity index (χ4v) is 4.05. The zero-order valence-corrected chi connectivity index (χ0v) is 12.4. The van der Waals surface area contributed by atoms with Crippen molar-refractivity contribution in [2.45, 2.75) is 25.7 Å². The maximum absolute atomic E-state index is 13.2. The summed E-state index contributed by atoms with van der Waals surface area (Å²) >= 11 is 0. The first-order chi connectivity index (χ1) is 8.44. The molecule has 0 bridgehead atoms. The van der Waals surface area contributed by atoms with Gasteiger partial charge < -0.3 is 9.64 Å². The summed E-state index contributed by atoms with van der Waals surface area (Å²) in [5.41, 5.74) is 0.954. The molecule has 0 amide bonds. The summed E-state index contributed by atoms with van der Waals surface area (Å²) in [7, 11) is -1.09. The summed E-state index contributed by atoms with van der Waals surface area (Å²) in [6.45, 7) is 9.74. The Kier molecular flexibility index (Phi) is 4.20. The first-order valence-corrected chi connectivity index (χ1v) is 10.2. The predicted octanol–water partition coefficient (Wildman–Crippen LogP) is 3.08. The number of morpholine rings is 1. The van der Waals surface area contributed by atoms with Crippen LogP contribution in [-0.4, -0.2) is 38.8 Å². The minimum absolute atomic E-state index is 0.0193. The van der Waals surface area contributed by atoms with Gasteiger partial charge in [-0.25, -0.2) is 4.39 Å². The molecule has 1 fully saturated rings. The summed E-state index contributed by atoms with van der Waals surface area (Å²) < 4.78 is 19.0. The second-order valence-corrected chi connectivity index (χ2v) is 11.6. The minimum Gasteiger partial charge on any atom is -0.371 e. The van der Waals surface area contributed by atoms with Crippen LogP contribution in [0.25, 0.3) is 0 Å². The number of halogens is 1. The average molecular weight is 267 g/mol. The monoisotopic (exact) mass is 267 g/mol. The average Bonchev–Trinajstić information content (AvgIpc) is 2.27. The highest BCUT2D eigenvalue weighted by Gasteiger charge is 2.26. The number of benzene rings is 1. The second kappa shape index (κ2) is 5.51. The van der Waals surface area contributed by atoms with Crippen LogP contribution in [0.2, 0.25) is 19.6 Å². The van der Waals surface area contributed by atoms with Gasteiger partial charge in [-0.1, -0.05) is 31.8 Å². The van der Waals surface area contributed by atoms with Crippen LogP contribution >= 0.6 is 0 Å². The summed E-state index contributed by atoms with van der Waals surface area (Å²) in [6.07, 6.45) is 1.20. The highest BCUT2D eigenvalue weighted by Crippen LogP contribution is 2.23. The van der Waals surface area contributed by atoms with Crippen LogP contribution in [0.4, 0.5) is 4.39 Å². The Hall–Kier alpha value is -0.713. The summed E-state index contributed by atoms with van der Waals surface area (Å²) in [5, 5.41) is 0. The van der Waals surface area contributed by atoms with Gasteiger partial charge in [-0.2, -0.15) is 0 Å². The third-order valence-corrected chi connectivity index (χ3v) is 4.46. The van der Waals surface area contributed by atoms with Gasteiger partial charge in [0.05, 0.1) is 20.8 Å². The molecule has 1 atom stereocenters. The van der Waals surface area contributed by atoms with E-state index in [0.717, 1.165) is 25.3 Å². The number of hydrogen-bond acceptors (Lipinski definition) is 2. The van der Waals surface area contributed by atoms with Crippen molar-refractivity contribution in [1.82, 2.24) is 4.90 Å². The molecular formula is C14H22FNOSi. The van der Waals surface area contributed by atoms with Gasteiger partial charge in [-0.15, -0.1) is 0 Å². The Labute approximate surface area is 110 Å². The Morgan fingerprint density at radius 1 is 1.39 bits per heavy atom. The van der Waals surface area contributed by atoms with Gasteiger partial charge >= 0.3 is 0 Å². The molecule has 0 radical (unpaired) electrons. The highest BCUT2D eigenvalue weighted by atomic mass is 28.3. The zero-order valence-electron chi connectivity index (χ0n) is 11.4. The van der Waals surface area contributed by atoms with Crippen LogP contribution in [0, 0.1) is 5.82 Å². The summed E-state index contributed by atoms with van der Waals surface area (Å²) in [6, 6.07) is 6.77. The SMILES string of the molecule is C[Si](C)(C)CN1CCOC(c2cccc(F)c2)C1. The van der Waals surface area contributed by atoms with E-state index in [1.165, 1.54) is 12.2 Å². The van der Waals surface area contributed by atoms with Gasteiger partial charge in [0.2, 0.25) is 0 Å². The fraction of sp³-hybridized carbons (Fsp3) is 0.571. The standard InChI is InChI=1S/C14H22FNOSi/c1-18(2,3)11-16-7-8-17-14(10-16)12-5-4-6-13(15)9-12/h4-6,9,14H,7-8,10-11H2,1-3H3. The van der Waals surface area contributed by atoms with Crippen LogP contribution in [0.1, 0.15) is 11.7 Å². The van der Waals surface area contributed by atoms with Crippen molar-refractivity contribution in [1.29, 1.82) is 0 Å². The number of hydrogen-bond donors (Lipinski definition) is 0. The normalized spacial score (nSPS) is 22.1. The molecule has 0 spiro atoms. The molecule has 0 saturated carbocycles. The van der Waals surface area contributed by atoms with E-state index in [9.17, 15) is 4.39 Å². The Morgan fingerprint density at radius 2 is 2.17 bits per heavy atom. The molecule has 1 heterocycles. The van der Waals surface area contributed by atoms with E-state index >= 15 is 0 Å². The molecular weight excluding hydrogens is 245 g/mol. The van der Waals surface area contributed by atoms with Crippen LogP contribution in [0.15, 0.2) is 24.3 Å². The van der Waals surface area contributed by atoms with E-state index in [1.807, 2.05) is 6.07 Å². The quantitative estimate of drug-likeness (QED) is 0.780. The van der Waals surface area contributed by atoms with Crippen LogP contribution in [-0.2, 0) is 4.74 Å². The largest absolute Gasteiger partial charge is 0.371 e. The number of rotatable bonds is 3. The Balaban J connectivity index is 2.02. The molecule has 1 aromatic carbocycles. The smallest absolute Gasteiger partial charge is 0.123 e. The van der Waals surface area contributed by atoms with Crippen molar-refractivity contribution in [3.63, 3.8) is 0 Å². The summed E-state index contributed by atoms with van der Waals surface area (Å²) in [5.74, 6) is -0.182. The molecule has 2 nitrogen and oxygen atoms in total. The molecule has 2 rings (SSSR count). The molecule has 18 heavy (non-hydrogen) atoms. The Morgan fingerprint density at radius 3 is 2.83 bits per heavy atom. The van der Waals surface area contributed by atoms with Gasteiger partial charge in [0.1, 0.15) is 5.82 Å². The summed E-state index contributed by atoms with van der Waals surface area (Å²) in [4.78, 5) is 2.46. The van der Waals surface area contributed by atoms with Crippen LogP contribution in [0.3, 0.4) is 0 Å². The van der Waals surface area contributed by atoms with Crippen molar-refractivity contribution < 1.29 is 9.13 Å². The lowest BCUT2D eigenvalue weighted by Crippen LogP contribution is -2.46. The first-order valence-electron chi connectivity index (χ1n) is 6.53. The maximum Gasteiger partial charge on any atom is 0.123 e. The van der Waals surface area contributed by atoms with E-state index in [0.29, 0.717) is 0 Å². The molecule has 100 valence electrons. The van der Waals surface area contributed by atoms with Crippen molar-refractivity contribution in [3.05, 3.63) is 35.6 Å². The van der Waals surface area contributed by atoms with Crippen LogP contribution in [0.5, 0.6) is 0 Å². The van der Waals surface area contributed by atoms with Gasteiger partial charge in [0.25, 0.3) is 0 Å². The van der Waals surface area contributed by atoms with Crippen molar-refractivity contribution in [3.8, 4) is 0 Å². The lowest BCUT2D eigenvalue weighted by atomic mass is 10.1. The molecule has 1 aliphatic rings. The molecule has 1 aromatic rings. The number of nitrogens with zero attached hydrogens (tertiary/aromatic N) is 1. The van der Waals surface area contributed by atoms with E-state index in [-0.39, 0.29) is 11.9 Å². The van der Waals surface area contributed by atoms with Gasteiger partial charge in [-0.05, 0) is 23.9 Å². The topological polar surface area (TPSA) is 12.5 Å². The van der Waals surface area contributed by atoms with E-state index in [2.05, 4.69) is 24.5 Å². The molecule has 4 heteroatoms. The van der Waals surface area contributed by atoms with Gasteiger partial charge in [0, 0.05) is 13.1 Å². The minimum atomic E-state index is -1.09. The molecule has 1 saturated heterocycles. The Bertz CT molecular complexity index is 405. The lowest BCUT2D eigenvalue weighted by molar-refractivity contribution is -0.0245. The first kappa shape index (κ1) is 13.7. The van der Waals surface area contributed by atoms with Crippen molar-refractivity contribution >= 4 is 8.07 Å². The van der Waals surface area contributed by atoms with E-state index < -0.39 is 8.07 Å². The third-order valence-electron chi connectivity index (χ3n) is 3.07. The zero-order chi connectivity index (χ0) is 13.2. The van der Waals surface area contributed by atoms with Gasteiger partial charge in [-0.3, -0.25) is 0 Å². The molecule has 0 N–H and O–H groups in total. The van der Waals surface area contributed by atoms with Crippen molar-refractivity contribution in [2.24, 2.45) is 0 Å². The van der Waals surface area contributed by atoms with Crippen LogP contribution < -0.4 is 0 Å². The highest BCUT2D eigenvalue weighted by molar-refractivity contribution is 6.76. The third kappa shape index (κ3) is 3.90. The lowest BCUT2D eigenvalue weighted by Gasteiger charge is -2.36. The van der Waals surface area contributed by atoms with Crippen molar-refractivity contribution in [2.75, 3.05) is 25.9 Å². The predicted molar refractivity (Wildman–Crippen MR) is 74.9 cm³/mol. The number of ether oxygens (including phenoxy) is 1. The van der Waals surface area contributed by atoms with Gasteiger partial charge in [0.15, 0.2) is 0 Å². The molecule has 1 aliphatic heterocycles. The second-order valence-electron chi connectivity index (χ2n) is 6.21. The van der Waals surface area contributed by atoms with E-state index in [4.69, 9.17) is 4.74 Å². The fourth-order valence-electron chi connectivity index (χ4n) is 2.43. The maximum atomic E-state index is 13.2. The van der Waals surface area contributed by atoms with E-state index in [1.54, 1.807) is 12.1 Å². The molecule has 1 unspecified atom stereocenters. The molecule has 0 aliphatic carbocycles.